The number of hydrogen-bond acceptors (Lipinski definition) is 6. The zero-order valence-electron chi connectivity index (χ0n) is 21.4. The molecule has 0 radical (unpaired) electrons. The van der Waals surface area contributed by atoms with Gasteiger partial charge in [0.1, 0.15) is 5.82 Å². The second-order valence-electron chi connectivity index (χ2n) is 10.8. The fourth-order valence-corrected chi connectivity index (χ4v) is 3.72. The third kappa shape index (κ3) is 8.00. The number of nitrogens with zero attached hydrogens (tertiary/aromatic N) is 4. The van der Waals surface area contributed by atoms with Gasteiger partial charge in [0.25, 0.3) is 0 Å². The van der Waals surface area contributed by atoms with Crippen LogP contribution in [0.25, 0.3) is 11.1 Å². The molecule has 0 amide bonds. The Bertz CT molecular complexity index is 931. The van der Waals surface area contributed by atoms with Gasteiger partial charge < -0.3 is 20.0 Å². The molecule has 2 N–H and O–H groups in total. The molecular formula is C26H40N4O3. The third-order valence-corrected chi connectivity index (χ3v) is 5.64. The van der Waals surface area contributed by atoms with Gasteiger partial charge in [0, 0.05) is 62.0 Å². The molecule has 7 heteroatoms. The summed E-state index contributed by atoms with van der Waals surface area (Å²) in [5.41, 5.74) is 4.33. The predicted octanol–water partition coefficient (Wildman–Crippen LogP) is 4.55. The Balaban J connectivity index is 0.000000696. The molecule has 2 aromatic rings. The maximum atomic E-state index is 11.6. The van der Waals surface area contributed by atoms with E-state index in [-0.39, 0.29) is 6.42 Å². The topological polar surface area (TPSA) is 89.8 Å². The molecule has 1 aliphatic heterocycles. The maximum Gasteiger partial charge on any atom is 0.307 e. The Kier molecular flexibility index (Phi) is 8.46. The molecule has 0 unspecified atom stereocenters. The summed E-state index contributed by atoms with van der Waals surface area (Å²) in [7, 11) is 3.92. The van der Waals surface area contributed by atoms with Gasteiger partial charge >= 0.3 is 5.97 Å². The van der Waals surface area contributed by atoms with Gasteiger partial charge in [0.05, 0.1) is 17.7 Å². The molecule has 33 heavy (non-hydrogen) atoms. The summed E-state index contributed by atoms with van der Waals surface area (Å²) < 4.78 is 0. The molecule has 2 aromatic heterocycles. The number of piperidine rings is 1. The predicted molar refractivity (Wildman–Crippen MR) is 135 cm³/mol. The molecule has 1 fully saturated rings. The number of hydrogen-bond donors (Lipinski definition) is 2. The van der Waals surface area contributed by atoms with E-state index >= 15 is 0 Å². The Labute approximate surface area is 198 Å². The second-order valence-corrected chi connectivity index (χ2v) is 10.8. The van der Waals surface area contributed by atoms with Gasteiger partial charge in [-0.3, -0.25) is 9.78 Å². The van der Waals surface area contributed by atoms with E-state index in [2.05, 4.69) is 28.7 Å². The van der Waals surface area contributed by atoms with E-state index in [1.54, 1.807) is 20.8 Å². The van der Waals surface area contributed by atoms with Crippen molar-refractivity contribution in [3.05, 3.63) is 35.8 Å². The van der Waals surface area contributed by atoms with Crippen LogP contribution in [0, 0.1) is 12.3 Å². The van der Waals surface area contributed by atoms with E-state index in [9.17, 15) is 9.90 Å². The van der Waals surface area contributed by atoms with E-state index in [0.717, 1.165) is 59.8 Å². The Morgan fingerprint density at radius 1 is 1.12 bits per heavy atom. The zero-order chi connectivity index (χ0) is 25.0. The number of aliphatic carboxylic acids is 1. The minimum atomic E-state index is -0.832. The molecule has 182 valence electrons. The number of pyridine rings is 2. The lowest BCUT2D eigenvalue weighted by Crippen LogP contribution is -2.38. The van der Waals surface area contributed by atoms with Crippen molar-refractivity contribution in [1.82, 2.24) is 9.97 Å². The second kappa shape index (κ2) is 10.5. The lowest BCUT2D eigenvalue weighted by molar-refractivity contribution is -0.136. The largest absolute Gasteiger partial charge is 0.481 e. The minimum Gasteiger partial charge on any atom is -0.481 e. The van der Waals surface area contributed by atoms with Crippen molar-refractivity contribution in [2.24, 2.45) is 5.41 Å². The molecule has 0 aromatic carbocycles. The van der Waals surface area contributed by atoms with Crippen LogP contribution in [0.5, 0.6) is 0 Å². The van der Waals surface area contributed by atoms with Crippen molar-refractivity contribution in [1.29, 1.82) is 0 Å². The molecule has 0 bridgehead atoms. The van der Waals surface area contributed by atoms with E-state index in [4.69, 9.17) is 5.11 Å². The van der Waals surface area contributed by atoms with Crippen LogP contribution in [-0.2, 0) is 11.2 Å². The van der Waals surface area contributed by atoms with Crippen LogP contribution >= 0.6 is 0 Å². The standard InChI is InChI=1S/C22H30N4O2.C4H10O/c1-15-17(12-20(27)28)21(26-10-8-22(2,3)9-11-26)18(14-23-15)16-6-7-19(24-13-16)25(4)5;1-4(2,3)5/h6-7,13-14H,8-12H2,1-5H3,(H,27,28);5H,1-3H3. The van der Waals surface area contributed by atoms with Crippen LogP contribution in [0.2, 0.25) is 0 Å². The van der Waals surface area contributed by atoms with Crippen LogP contribution in [-0.4, -0.2) is 58.9 Å². The van der Waals surface area contributed by atoms with E-state index in [1.165, 1.54) is 0 Å². The van der Waals surface area contributed by atoms with Crippen LogP contribution < -0.4 is 9.80 Å². The lowest BCUT2D eigenvalue weighted by Gasteiger charge is -2.40. The minimum absolute atomic E-state index is 0.0227. The van der Waals surface area contributed by atoms with Crippen molar-refractivity contribution in [3.8, 4) is 11.1 Å². The van der Waals surface area contributed by atoms with Gasteiger partial charge in [-0.05, 0) is 58.1 Å². The lowest BCUT2D eigenvalue weighted by atomic mass is 9.82. The first-order valence-corrected chi connectivity index (χ1v) is 11.5. The van der Waals surface area contributed by atoms with E-state index < -0.39 is 11.6 Å². The molecule has 0 spiro atoms. The van der Waals surface area contributed by atoms with Gasteiger partial charge in [-0.2, -0.15) is 0 Å². The van der Waals surface area contributed by atoms with Crippen molar-refractivity contribution >= 4 is 17.5 Å². The van der Waals surface area contributed by atoms with Gasteiger partial charge in [-0.25, -0.2) is 4.98 Å². The number of carboxylic acid groups (broad SMARTS) is 1. The zero-order valence-corrected chi connectivity index (χ0v) is 21.4. The normalized spacial score (nSPS) is 15.5. The van der Waals surface area contributed by atoms with Crippen LogP contribution in [0.3, 0.4) is 0 Å². The Morgan fingerprint density at radius 2 is 1.70 bits per heavy atom. The average Bonchev–Trinajstić information content (AvgIpc) is 2.68. The van der Waals surface area contributed by atoms with Crippen molar-refractivity contribution in [3.63, 3.8) is 0 Å². The molecule has 3 heterocycles. The summed E-state index contributed by atoms with van der Waals surface area (Å²) in [5.74, 6) is 0.0533. The monoisotopic (exact) mass is 456 g/mol. The van der Waals surface area contributed by atoms with Crippen molar-refractivity contribution in [2.75, 3.05) is 37.0 Å². The first-order valence-electron chi connectivity index (χ1n) is 11.5. The summed E-state index contributed by atoms with van der Waals surface area (Å²) in [6.45, 7) is 13.6. The summed E-state index contributed by atoms with van der Waals surface area (Å²) in [6, 6.07) is 4.02. The number of rotatable bonds is 5. The molecular weight excluding hydrogens is 416 g/mol. The Morgan fingerprint density at radius 3 is 2.15 bits per heavy atom. The number of aromatic nitrogens is 2. The maximum absolute atomic E-state index is 11.6. The summed E-state index contributed by atoms with van der Waals surface area (Å²) in [5, 5.41) is 18.0. The summed E-state index contributed by atoms with van der Waals surface area (Å²) in [4.78, 5) is 24.9. The fourth-order valence-electron chi connectivity index (χ4n) is 3.72. The average molecular weight is 457 g/mol. The van der Waals surface area contributed by atoms with Gasteiger partial charge in [-0.15, -0.1) is 0 Å². The molecule has 1 aliphatic rings. The summed E-state index contributed by atoms with van der Waals surface area (Å²) in [6.07, 6.45) is 5.85. The van der Waals surface area contributed by atoms with Crippen molar-refractivity contribution < 1.29 is 15.0 Å². The quantitative estimate of drug-likeness (QED) is 0.682. The highest BCUT2D eigenvalue weighted by molar-refractivity contribution is 5.84. The highest BCUT2D eigenvalue weighted by Crippen LogP contribution is 2.39. The highest BCUT2D eigenvalue weighted by atomic mass is 16.4. The summed E-state index contributed by atoms with van der Waals surface area (Å²) >= 11 is 0. The first-order chi connectivity index (χ1) is 15.2. The van der Waals surface area contributed by atoms with Crippen LogP contribution in [0.4, 0.5) is 11.5 Å². The Hall–Kier alpha value is -2.67. The molecule has 3 rings (SSSR count). The van der Waals surface area contributed by atoms with Gasteiger partial charge in [0.15, 0.2) is 0 Å². The van der Waals surface area contributed by atoms with Gasteiger partial charge in [-0.1, -0.05) is 13.8 Å². The number of aliphatic hydroxyl groups is 1. The number of carbonyl (C=O) groups is 1. The smallest absolute Gasteiger partial charge is 0.307 e. The number of anilines is 2. The van der Waals surface area contributed by atoms with Crippen LogP contribution in [0.15, 0.2) is 24.5 Å². The third-order valence-electron chi connectivity index (χ3n) is 5.64. The van der Waals surface area contributed by atoms with Crippen LogP contribution in [0.1, 0.15) is 58.7 Å². The van der Waals surface area contributed by atoms with Gasteiger partial charge in [0.2, 0.25) is 0 Å². The van der Waals surface area contributed by atoms with E-state index in [1.807, 2.05) is 50.4 Å². The molecule has 0 atom stereocenters. The van der Waals surface area contributed by atoms with Crippen molar-refractivity contribution in [2.45, 2.75) is 66.4 Å². The fraction of sp³-hybridized carbons (Fsp3) is 0.577. The SMILES string of the molecule is CC(C)(C)O.Cc1ncc(-c2ccc(N(C)C)nc2)c(N2CCC(C)(C)CC2)c1CC(=O)O. The number of aryl methyl sites for hydroxylation is 1. The van der Waals surface area contributed by atoms with E-state index in [0.29, 0.717) is 5.41 Å². The molecule has 1 saturated heterocycles. The molecule has 0 saturated carbocycles. The first kappa shape index (κ1) is 26.6. The molecule has 0 aliphatic carbocycles. The number of carboxylic acids is 1. The molecule has 7 nitrogen and oxygen atoms in total. The highest BCUT2D eigenvalue weighted by Gasteiger charge is 2.29.